The van der Waals surface area contributed by atoms with Gasteiger partial charge in [0.2, 0.25) is 0 Å². The monoisotopic (exact) mass is 296 g/mol. The molecule has 0 amide bonds. The van der Waals surface area contributed by atoms with E-state index < -0.39 is 6.10 Å². The summed E-state index contributed by atoms with van der Waals surface area (Å²) in [5.41, 5.74) is 1.17. The van der Waals surface area contributed by atoms with Crippen LogP contribution in [0.1, 0.15) is 24.2 Å². The fourth-order valence-corrected chi connectivity index (χ4v) is 2.95. The highest BCUT2D eigenvalue weighted by atomic mass is 35.5. The Balaban J connectivity index is 2.38. The molecule has 0 aromatic heterocycles. The highest BCUT2D eigenvalue weighted by molar-refractivity contribution is 7.99. The lowest BCUT2D eigenvalue weighted by Gasteiger charge is -2.13. The van der Waals surface area contributed by atoms with Gasteiger partial charge in [0.1, 0.15) is 5.82 Å². The molecular weight excluding hydrogens is 283 g/mol. The molecule has 0 saturated heterocycles. The van der Waals surface area contributed by atoms with E-state index in [-0.39, 0.29) is 5.82 Å². The second-order valence-electron chi connectivity index (χ2n) is 4.37. The van der Waals surface area contributed by atoms with Gasteiger partial charge >= 0.3 is 0 Å². The number of aryl methyl sites for hydroxylation is 1. The third-order valence-corrected chi connectivity index (χ3v) is 4.12. The van der Waals surface area contributed by atoms with E-state index in [9.17, 15) is 9.50 Å². The van der Waals surface area contributed by atoms with Crippen molar-refractivity contribution in [1.29, 1.82) is 0 Å². The van der Waals surface area contributed by atoms with Crippen molar-refractivity contribution < 1.29 is 9.50 Å². The third-order valence-electron chi connectivity index (χ3n) is 2.78. The highest BCUT2D eigenvalue weighted by Crippen LogP contribution is 2.35. The van der Waals surface area contributed by atoms with E-state index in [1.54, 1.807) is 19.9 Å². The van der Waals surface area contributed by atoms with Crippen molar-refractivity contribution in [3.8, 4) is 0 Å². The molecule has 0 bridgehead atoms. The molecule has 2 rings (SSSR count). The van der Waals surface area contributed by atoms with Crippen LogP contribution < -0.4 is 0 Å². The molecule has 1 nitrogen and oxygen atoms in total. The molecule has 1 N–H and O–H groups in total. The molecule has 0 spiro atoms. The molecule has 2 aromatic rings. The lowest BCUT2D eigenvalue weighted by atomic mass is 10.1. The first-order chi connectivity index (χ1) is 8.97. The molecule has 0 saturated carbocycles. The molecule has 0 aliphatic rings. The number of benzene rings is 2. The zero-order valence-corrected chi connectivity index (χ0v) is 12.2. The average Bonchev–Trinajstić information content (AvgIpc) is 2.36. The maximum absolute atomic E-state index is 13.6. The van der Waals surface area contributed by atoms with E-state index in [1.165, 1.54) is 17.8 Å². The van der Waals surface area contributed by atoms with Crippen LogP contribution in [0.25, 0.3) is 0 Å². The zero-order chi connectivity index (χ0) is 14.0. The van der Waals surface area contributed by atoms with Gasteiger partial charge in [0.25, 0.3) is 0 Å². The third kappa shape index (κ3) is 3.50. The molecule has 2 aromatic carbocycles. The van der Waals surface area contributed by atoms with Gasteiger partial charge in [0.15, 0.2) is 0 Å². The normalized spacial score (nSPS) is 12.5. The second-order valence-corrected chi connectivity index (χ2v) is 5.92. The van der Waals surface area contributed by atoms with Crippen LogP contribution in [0.15, 0.2) is 46.2 Å². The number of hydrogen-bond acceptors (Lipinski definition) is 2. The standard InChI is InChI=1S/C15H14ClFOS/c1-9-7-15(13(10(2)18)8-14(9)17)19-12-5-3-11(16)4-6-12/h3-8,10,18H,1-2H3/t10-/m0/s1. The Morgan fingerprint density at radius 1 is 1.21 bits per heavy atom. The molecule has 0 unspecified atom stereocenters. The van der Waals surface area contributed by atoms with Gasteiger partial charge in [0, 0.05) is 14.8 Å². The van der Waals surface area contributed by atoms with Gasteiger partial charge in [-0.1, -0.05) is 23.4 Å². The van der Waals surface area contributed by atoms with Crippen LogP contribution in [0.3, 0.4) is 0 Å². The first-order valence-electron chi connectivity index (χ1n) is 5.89. The maximum atomic E-state index is 13.6. The van der Waals surface area contributed by atoms with Gasteiger partial charge in [-0.05, 0) is 61.4 Å². The number of hydrogen-bond donors (Lipinski definition) is 1. The summed E-state index contributed by atoms with van der Waals surface area (Å²) in [4.78, 5) is 1.86. The van der Waals surface area contributed by atoms with Crippen LogP contribution in [0, 0.1) is 12.7 Å². The summed E-state index contributed by atoms with van der Waals surface area (Å²) in [5.74, 6) is -0.295. The van der Waals surface area contributed by atoms with Crippen molar-refractivity contribution in [2.45, 2.75) is 29.7 Å². The highest BCUT2D eigenvalue weighted by Gasteiger charge is 2.12. The Kier molecular flexibility index (Phi) is 4.50. The van der Waals surface area contributed by atoms with Crippen LogP contribution in [-0.2, 0) is 0 Å². The molecule has 0 fully saturated rings. The van der Waals surface area contributed by atoms with Crippen molar-refractivity contribution >= 4 is 23.4 Å². The minimum absolute atomic E-state index is 0.295. The molecule has 0 heterocycles. The summed E-state index contributed by atoms with van der Waals surface area (Å²) in [6.07, 6.45) is -0.704. The minimum Gasteiger partial charge on any atom is -0.389 e. The number of halogens is 2. The van der Waals surface area contributed by atoms with Crippen molar-refractivity contribution in [3.63, 3.8) is 0 Å². The summed E-state index contributed by atoms with van der Waals surface area (Å²) >= 11 is 7.33. The van der Waals surface area contributed by atoms with E-state index >= 15 is 0 Å². The summed E-state index contributed by atoms with van der Waals surface area (Å²) < 4.78 is 13.6. The minimum atomic E-state index is -0.704. The van der Waals surface area contributed by atoms with E-state index in [0.717, 1.165) is 9.79 Å². The number of aliphatic hydroxyl groups excluding tert-OH is 1. The predicted molar refractivity (Wildman–Crippen MR) is 77.3 cm³/mol. The molecule has 100 valence electrons. The first-order valence-corrected chi connectivity index (χ1v) is 7.08. The summed E-state index contributed by atoms with van der Waals surface area (Å²) in [5, 5.41) is 10.4. The van der Waals surface area contributed by atoms with Gasteiger partial charge in [-0.3, -0.25) is 0 Å². The summed E-state index contributed by atoms with van der Waals surface area (Å²) in [6.45, 7) is 3.35. The Morgan fingerprint density at radius 2 is 1.84 bits per heavy atom. The molecule has 1 atom stereocenters. The Bertz CT molecular complexity index is 581. The fraction of sp³-hybridized carbons (Fsp3) is 0.200. The fourth-order valence-electron chi connectivity index (χ4n) is 1.71. The Hall–Kier alpha value is -1.03. The molecule has 19 heavy (non-hydrogen) atoms. The van der Waals surface area contributed by atoms with Gasteiger partial charge < -0.3 is 5.11 Å². The van der Waals surface area contributed by atoms with Gasteiger partial charge in [0.05, 0.1) is 6.10 Å². The molecule has 4 heteroatoms. The van der Waals surface area contributed by atoms with Crippen molar-refractivity contribution in [3.05, 3.63) is 58.4 Å². The predicted octanol–water partition coefficient (Wildman–Crippen LogP) is 4.99. The first kappa shape index (κ1) is 14.4. The number of rotatable bonds is 3. The quantitative estimate of drug-likeness (QED) is 0.861. The van der Waals surface area contributed by atoms with E-state index in [0.29, 0.717) is 16.1 Å². The molecular formula is C15H14ClFOS. The van der Waals surface area contributed by atoms with E-state index in [4.69, 9.17) is 11.6 Å². The SMILES string of the molecule is Cc1cc(Sc2ccc(Cl)cc2)c([C@H](C)O)cc1F. The lowest BCUT2D eigenvalue weighted by molar-refractivity contribution is 0.196. The maximum Gasteiger partial charge on any atom is 0.126 e. The molecule has 0 aliphatic carbocycles. The molecule has 0 aliphatic heterocycles. The van der Waals surface area contributed by atoms with Crippen molar-refractivity contribution in [2.75, 3.05) is 0 Å². The van der Waals surface area contributed by atoms with Crippen molar-refractivity contribution in [2.24, 2.45) is 0 Å². The smallest absolute Gasteiger partial charge is 0.126 e. The van der Waals surface area contributed by atoms with Crippen LogP contribution in [0.2, 0.25) is 5.02 Å². The largest absolute Gasteiger partial charge is 0.389 e. The van der Waals surface area contributed by atoms with Gasteiger partial charge in [-0.15, -0.1) is 0 Å². The van der Waals surface area contributed by atoms with Crippen LogP contribution >= 0.6 is 23.4 Å². The van der Waals surface area contributed by atoms with E-state index in [1.807, 2.05) is 24.3 Å². The van der Waals surface area contributed by atoms with Gasteiger partial charge in [-0.2, -0.15) is 0 Å². The van der Waals surface area contributed by atoms with Crippen LogP contribution in [0.5, 0.6) is 0 Å². The average molecular weight is 297 g/mol. The number of aliphatic hydroxyl groups is 1. The van der Waals surface area contributed by atoms with Crippen LogP contribution in [0.4, 0.5) is 4.39 Å². The van der Waals surface area contributed by atoms with E-state index in [2.05, 4.69) is 0 Å². The Labute approximate surface area is 121 Å². The van der Waals surface area contributed by atoms with Crippen molar-refractivity contribution in [1.82, 2.24) is 0 Å². The zero-order valence-electron chi connectivity index (χ0n) is 10.7. The summed E-state index contributed by atoms with van der Waals surface area (Å²) in [6, 6.07) is 10.6. The Morgan fingerprint density at radius 3 is 2.42 bits per heavy atom. The summed E-state index contributed by atoms with van der Waals surface area (Å²) in [7, 11) is 0. The van der Waals surface area contributed by atoms with Gasteiger partial charge in [-0.25, -0.2) is 4.39 Å². The van der Waals surface area contributed by atoms with Crippen LogP contribution in [-0.4, -0.2) is 5.11 Å². The lowest BCUT2D eigenvalue weighted by Crippen LogP contribution is -1.97. The topological polar surface area (TPSA) is 20.2 Å². The second kappa shape index (κ2) is 5.95. The molecule has 0 radical (unpaired) electrons.